The third-order valence-electron chi connectivity index (χ3n) is 7.79. The molecule has 2 amide bonds. The number of halogens is 1. The summed E-state index contributed by atoms with van der Waals surface area (Å²) in [4.78, 5) is 31.4. The van der Waals surface area contributed by atoms with Crippen molar-refractivity contribution >= 4 is 49.8 Å². The first-order valence-electron chi connectivity index (χ1n) is 16.3. The number of terminal acetylenes is 1. The fourth-order valence-electron chi connectivity index (χ4n) is 5.45. The molecule has 0 aliphatic carbocycles. The van der Waals surface area contributed by atoms with Crippen LogP contribution in [-0.4, -0.2) is 62.4 Å². The van der Waals surface area contributed by atoms with E-state index in [-0.39, 0.29) is 35.5 Å². The van der Waals surface area contributed by atoms with Gasteiger partial charge in [0.15, 0.2) is 9.84 Å². The number of nitrogens with zero attached hydrogens (tertiary/aromatic N) is 2. The quantitative estimate of drug-likeness (QED) is 0.151. The Kier molecular flexibility index (Phi) is 14.9. The van der Waals surface area contributed by atoms with Crippen LogP contribution in [0, 0.1) is 18.7 Å². The van der Waals surface area contributed by atoms with E-state index in [1.807, 2.05) is 31.2 Å². The van der Waals surface area contributed by atoms with E-state index in [2.05, 4.69) is 28.5 Å². The number of ether oxygens (including phenoxy) is 2. The zero-order chi connectivity index (χ0) is 36.7. The van der Waals surface area contributed by atoms with E-state index in [0.29, 0.717) is 42.4 Å². The van der Waals surface area contributed by atoms with Crippen LogP contribution in [0.15, 0.2) is 77.8 Å². The van der Waals surface area contributed by atoms with Crippen LogP contribution in [0.2, 0.25) is 0 Å². The van der Waals surface area contributed by atoms with Crippen LogP contribution < -0.4 is 21.1 Å². The molecule has 0 unspecified atom stereocenters. The number of pyridine rings is 1. The summed E-state index contributed by atoms with van der Waals surface area (Å²) >= 11 is 0. The SMILES string of the molecule is C#C.CCOC(=O)Nc1ccc(S(=O)(=O)CC)c([C@H]2CCCCN2C(=O)CNc2ccc3c(N)nccc3c2)c1.CCOc1ccc(F)cc1. The maximum atomic E-state index is 13.4. The largest absolute Gasteiger partial charge is 0.494 e. The average molecular weight is 706 g/mol. The van der Waals surface area contributed by atoms with Gasteiger partial charge < -0.3 is 25.4 Å². The molecule has 1 aromatic heterocycles. The highest BCUT2D eigenvalue weighted by atomic mass is 32.2. The van der Waals surface area contributed by atoms with Gasteiger partial charge in [-0.1, -0.05) is 6.92 Å². The Morgan fingerprint density at radius 3 is 2.38 bits per heavy atom. The third kappa shape index (κ3) is 10.6. The summed E-state index contributed by atoms with van der Waals surface area (Å²) in [6, 6.07) is 17.7. The molecular formula is C37H44FN5O6S. The number of sulfone groups is 1. The number of fused-ring (bicyclic) bond motifs is 1. The fraction of sp³-hybridized carbons (Fsp3) is 0.324. The standard InChI is InChI=1S/C27H33N5O5S.C8H9FO.C2H2/c1-3-37-27(34)31-20-9-11-24(38(35,36)4-2)22(16-20)23-7-5-6-14-32(23)25(33)17-30-19-8-10-21-18(15-19)12-13-29-26(21)28;1-2-10-8-5-3-7(9)4-6-8;1-2/h8-13,15-16,23,30H,3-7,14,17H2,1-2H3,(H2,28,29)(H,31,34);3-6H,2H2,1H3;1-2H/t23-;;/m1../s1. The Hall–Kier alpha value is -5.35. The smallest absolute Gasteiger partial charge is 0.411 e. The zero-order valence-electron chi connectivity index (χ0n) is 28.5. The van der Waals surface area contributed by atoms with Gasteiger partial charge in [0.05, 0.1) is 36.4 Å². The van der Waals surface area contributed by atoms with Crippen molar-refractivity contribution in [1.82, 2.24) is 9.88 Å². The van der Waals surface area contributed by atoms with Crippen molar-refractivity contribution in [2.24, 2.45) is 0 Å². The van der Waals surface area contributed by atoms with Crippen LogP contribution in [0.5, 0.6) is 5.75 Å². The molecule has 5 rings (SSSR count). The number of nitrogens with two attached hydrogens (primary N) is 1. The van der Waals surface area contributed by atoms with Crippen molar-refractivity contribution < 1.29 is 31.9 Å². The van der Waals surface area contributed by atoms with Gasteiger partial charge in [-0.2, -0.15) is 0 Å². The van der Waals surface area contributed by atoms with E-state index in [4.69, 9.17) is 15.2 Å². The van der Waals surface area contributed by atoms with Crippen molar-refractivity contribution in [3.8, 4) is 18.6 Å². The first-order chi connectivity index (χ1) is 24.1. The lowest BCUT2D eigenvalue weighted by molar-refractivity contribution is -0.133. The summed E-state index contributed by atoms with van der Waals surface area (Å²) < 4.78 is 48.3. The minimum atomic E-state index is -3.58. The average Bonchev–Trinajstić information content (AvgIpc) is 3.13. The summed E-state index contributed by atoms with van der Waals surface area (Å²) in [6.45, 7) is 6.55. The maximum Gasteiger partial charge on any atom is 0.411 e. The fourth-order valence-corrected chi connectivity index (χ4v) is 6.59. The molecule has 0 saturated carbocycles. The molecule has 11 nitrogen and oxygen atoms in total. The highest BCUT2D eigenvalue weighted by Gasteiger charge is 2.32. The molecule has 0 radical (unpaired) electrons. The highest BCUT2D eigenvalue weighted by molar-refractivity contribution is 7.91. The summed E-state index contributed by atoms with van der Waals surface area (Å²) in [6.07, 6.45) is 11.3. The molecule has 4 N–H and O–H groups in total. The Morgan fingerprint density at radius 2 is 1.70 bits per heavy atom. The number of carbonyl (C=O) groups excluding carboxylic acids is 2. The molecule has 3 aromatic carbocycles. The Labute approximate surface area is 293 Å². The number of carbonyl (C=O) groups is 2. The van der Waals surface area contributed by atoms with Crippen LogP contribution in [0.3, 0.4) is 0 Å². The molecule has 50 heavy (non-hydrogen) atoms. The van der Waals surface area contributed by atoms with Gasteiger partial charge in [-0.25, -0.2) is 22.6 Å². The second-order valence-corrected chi connectivity index (χ2v) is 13.2. The monoisotopic (exact) mass is 705 g/mol. The molecule has 1 atom stereocenters. The minimum absolute atomic E-state index is 0.0409. The number of hydrogen-bond acceptors (Lipinski definition) is 9. The molecule has 1 fully saturated rings. The maximum absolute atomic E-state index is 13.4. The number of nitrogen functional groups attached to an aromatic ring is 1. The summed E-state index contributed by atoms with van der Waals surface area (Å²) in [5, 5.41) is 7.57. The predicted octanol–water partition coefficient (Wildman–Crippen LogP) is 6.82. The van der Waals surface area contributed by atoms with Crippen LogP contribution in [-0.2, 0) is 19.4 Å². The zero-order valence-corrected chi connectivity index (χ0v) is 29.3. The van der Waals surface area contributed by atoms with Gasteiger partial charge in [-0.15, -0.1) is 12.8 Å². The Bertz CT molecular complexity index is 1870. The topological polar surface area (TPSA) is 153 Å². The van der Waals surface area contributed by atoms with Crippen molar-refractivity contribution in [2.75, 3.05) is 48.4 Å². The number of benzene rings is 3. The number of amides is 2. The third-order valence-corrected chi connectivity index (χ3v) is 9.59. The lowest BCUT2D eigenvalue weighted by Crippen LogP contribution is -2.42. The van der Waals surface area contributed by atoms with E-state index in [1.54, 1.807) is 49.2 Å². The van der Waals surface area contributed by atoms with Crippen LogP contribution in [0.25, 0.3) is 10.8 Å². The second kappa shape index (κ2) is 19.0. The van der Waals surface area contributed by atoms with Gasteiger partial charge in [0, 0.05) is 29.5 Å². The lowest BCUT2D eigenvalue weighted by Gasteiger charge is -2.37. The molecular weight excluding hydrogens is 662 g/mol. The highest BCUT2D eigenvalue weighted by Crippen LogP contribution is 2.37. The van der Waals surface area contributed by atoms with E-state index < -0.39 is 22.0 Å². The number of anilines is 3. The number of likely N-dealkylation sites (tertiary alicyclic amines) is 1. The molecule has 1 aliphatic rings. The minimum Gasteiger partial charge on any atom is -0.494 e. The number of hydrogen-bond donors (Lipinski definition) is 3. The van der Waals surface area contributed by atoms with E-state index in [1.165, 1.54) is 18.2 Å². The number of nitrogens with one attached hydrogen (secondary N) is 2. The van der Waals surface area contributed by atoms with Gasteiger partial charge in [0.25, 0.3) is 0 Å². The Balaban J connectivity index is 0.000000479. The van der Waals surface area contributed by atoms with Gasteiger partial charge in [0.2, 0.25) is 5.91 Å². The first kappa shape index (κ1) is 39.1. The number of aromatic nitrogens is 1. The predicted molar refractivity (Wildman–Crippen MR) is 195 cm³/mol. The van der Waals surface area contributed by atoms with Crippen molar-refractivity contribution in [3.05, 3.63) is 84.3 Å². The van der Waals surface area contributed by atoms with Crippen LogP contribution in [0.4, 0.5) is 26.4 Å². The summed E-state index contributed by atoms with van der Waals surface area (Å²) in [7, 11) is -3.58. The van der Waals surface area contributed by atoms with Crippen molar-refractivity contribution in [2.45, 2.75) is 51.0 Å². The van der Waals surface area contributed by atoms with E-state index in [9.17, 15) is 22.4 Å². The second-order valence-electron chi connectivity index (χ2n) is 11.0. The summed E-state index contributed by atoms with van der Waals surface area (Å²) in [5.74, 6) is 0.702. The van der Waals surface area contributed by atoms with Gasteiger partial charge >= 0.3 is 6.09 Å². The number of piperidine rings is 1. The van der Waals surface area contributed by atoms with Crippen molar-refractivity contribution in [1.29, 1.82) is 0 Å². The van der Waals surface area contributed by atoms with Crippen molar-refractivity contribution in [3.63, 3.8) is 0 Å². The molecule has 0 bridgehead atoms. The van der Waals surface area contributed by atoms with E-state index >= 15 is 0 Å². The Morgan fingerprint density at radius 1 is 0.980 bits per heavy atom. The molecule has 266 valence electrons. The summed E-state index contributed by atoms with van der Waals surface area (Å²) in [5.41, 5.74) is 7.61. The molecule has 2 heterocycles. The van der Waals surface area contributed by atoms with Gasteiger partial charge in [0.1, 0.15) is 17.4 Å². The molecule has 13 heteroatoms. The molecule has 0 spiro atoms. The van der Waals surface area contributed by atoms with E-state index in [0.717, 1.165) is 29.3 Å². The molecule has 1 aliphatic heterocycles. The number of rotatable bonds is 10. The lowest BCUT2D eigenvalue weighted by atomic mass is 9.94. The molecule has 4 aromatic rings. The first-order valence-corrected chi connectivity index (χ1v) is 17.9. The van der Waals surface area contributed by atoms with Gasteiger partial charge in [-0.05, 0) is 111 Å². The van der Waals surface area contributed by atoms with Crippen LogP contribution in [0.1, 0.15) is 51.6 Å². The van der Waals surface area contributed by atoms with Gasteiger partial charge in [-0.3, -0.25) is 10.1 Å². The molecule has 1 saturated heterocycles. The van der Waals surface area contributed by atoms with Crippen LogP contribution >= 0.6 is 0 Å². The normalized spacial score (nSPS) is 13.9.